The minimum Gasteiger partial charge on any atom is -0.443 e. The quantitative estimate of drug-likeness (QED) is 0.144. The molecule has 0 aliphatic carbocycles. The van der Waals surface area contributed by atoms with E-state index in [4.69, 9.17) is 21.3 Å². The van der Waals surface area contributed by atoms with E-state index in [1.807, 2.05) is 55.1 Å². The Balaban J connectivity index is 1.32. The van der Waals surface area contributed by atoms with Crippen molar-refractivity contribution in [2.45, 2.75) is 44.2 Å². The van der Waals surface area contributed by atoms with Gasteiger partial charge in [-0.2, -0.15) is 4.98 Å². The molecule has 0 spiro atoms. The van der Waals surface area contributed by atoms with Crippen molar-refractivity contribution in [2.75, 3.05) is 33.3 Å². The smallest absolute Gasteiger partial charge is 0.434 e. The standard InChI is InChI=1S/C34H35ClFN6O2/c1-4-27(43)42-19-23(21(42)2)18-40(3)32-25-17-37-30(24-11-5-9-22-10-6-12-26(35)28(22)24)29(36)31(25)38-33(39-32)44-20-34-13-7-15-41(34)16-8-14-34/h4-6,9-12,17-18,21,23H,1,7-8,13-16,19-20H2,2-3H3/q+1/t21-,23?/m1/s1. The summed E-state index contributed by atoms with van der Waals surface area (Å²) in [5.41, 5.74) is 0.884. The number of aromatic nitrogens is 3. The van der Waals surface area contributed by atoms with Gasteiger partial charge < -0.3 is 9.64 Å². The second kappa shape index (κ2) is 11.2. The number of halogens is 2. The summed E-state index contributed by atoms with van der Waals surface area (Å²) in [7, 11) is 1.88. The molecule has 0 radical (unpaired) electrons. The van der Waals surface area contributed by atoms with Crippen LogP contribution in [0.3, 0.4) is 0 Å². The molecule has 3 aliphatic heterocycles. The molecule has 8 nitrogen and oxygen atoms in total. The molecular weight excluding hydrogens is 579 g/mol. The third-order valence-corrected chi connectivity index (χ3v) is 10.1. The number of ether oxygens (including phenoxy) is 1. The van der Waals surface area contributed by atoms with E-state index in [1.54, 1.807) is 17.2 Å². The zero-order chi connectivity index (χ0) is 30.6. The van der Waals surface area contributed by atoms with Gasteiger partial charge >= 0.3 is 11.8 Å². The predicted molar refractivity (Wildman–Crippen MR) is 170 cm³/mol. The number of nitrogens with zero attached hydrogens (tertiary/aromatic N) is 6. The summed E-state index contributed by atoms with van der Waals surface area (Å²) in [5.74, 6) is -0.0601. The van der Waals surface area contributed by atoms with Crippen LogP contribution in [0.25, 0.3) is 32.9 Å². The monoisotopic (exact) mass is 613 g/mol. The molecule has 0 saturated carbocycles. The normalized spacial score (nSPS) is 21.5. The first-order valence-electron chi connectivity index (χ1n) is 15.2. The van der Waals surface area contributed by atoms with E-state index in [1.165, 1.54) is 6.08 Å². The SMILES string of the molecule is C=CC(=O)N1CC(C=[N+](C)c2nc(OCC34CCCN3CCC4)nc3c(F)c(-c4cccc5cccc(Cl)c45)ncc23)[C@H]1C. The summed E-state index contributed by atoms with van der Waals surface area (Å²) in [6.45, 7) is 8.79. The number of hydrogen-bond donors (Lipinski definition) is 0. The van der Waals surface area contributed by atoms with Crippen LogP contribution in [0.4, 0.5) is 10.2 Å². The van der Waals surface area contributed by atoms with Crippen LogP contribution in [0, 0.1) is 11.7 Å². The van der Waals surface area contributed by atoms with Crippen molar-refractivity contribution < 1.29 is 18.5 Å². The second-order valence-corrected chi connectivity index (χ2v) is 12.6. The van der Waals surface area contributed by atoms with Crippen LogP contribution in [0.2, 0.25) is 5.02 Å². The molecule has 226 valence electrons. The Morgan fingerprint density at radius 3 is 2.68 bits per heavy atom. The van der Waals surface area contributed by atoms with Crippen LogP contribution in [0.15, 0.2) is 55.3 Å². The van der Waals surface area contributed by atoms with E-state index in [9.17, 15) is 4.79 Å². The van der Waals surface area contributed by atoms with Crippen molar-refractivity contribution in [1.82, 2.24) is 24.8 Å². The summed E-state index contributed by atoms with van der Waals surface area (Å²) >= 11 is 6.60. The van der Waals surface area contributed by atoms with Gasteiger partial charge in [-0.05, 0) is 63.2 Å². The number of benzene rings is 2. The van der Waals surface area contributed by atoms with Gasteiger partial charge in [-0.15, -0.1) is 0 Å². The third-order valence-electron chi connectivity index (χ3n) is 9.76. The summed E-state index contributed by atoms with van der Waals surface area (Å²) in [4.78, 5) is 30.5. The van der Waals surface area contributed by atoms with Gasteiger partial charge in [0.25, 0.3) is 0 Å². The number of carbonyl (C=O) groups is 1. The van der Waals surface area contributed by atoms with E-state index < -0.39 is 5.82 Å². The molecule has 4 aromatic rings. The highest BCUT2D eigenvalue weighted by Gasteiger charge is 2.45. The maximum Gasteiger partial charge on any atom is 0.434 e. The van der Waals surface area contributed by atoms with E-state index in [2.05, 4.69) is 21.4 Å². The Morgan fingerprint density at radius 1 is 1.20 bits per heavy atom. The van der Waals surface area contributed by atoms with Gasteiger partial charge in [-0.25, -0.2) is 8.97 Å². The minimum absolute atomic E-state index is 0.000776. The summed E-state index contributed by atoms with van der Waals surface area (Å²) < 4.78 is 24.8. The number of pyridine rings is 1. The average molecular weight is 614 g/mol. The lowest BCUT2D eigenvalue weighted by Gasteiger charge is -2.43. The Labute approximate surface area is 260 Å². The van der Waals surface area contributed by atoms with Crippen LogP contribution in [0.1, 0.15) is 32.6 Å². The number of likely N-dealkylation sites (tertiary alicyclic amines) is 1. The van der Waals surface area contributed by atoms with Gasteiger partial charge in [0, 0.05) is 39.7 Å². The Kier molecular flexibility index (Phi) is 7.33. The fraction of sp³-hybridized carbons (Fsp3) is 0.382. The van der Waals surface area contributed by atoms with E-state index in [-0.39, 0.29) is 40.6 Å². The van der Waals surface area contributed by atoms with Gasteiger partial charge in [0.05, 0.1) is 24.7 Å². The Hall–Kier alpha value is -3.95. The zero-order valence-corrected chi connectivity index (χ0v) is 25.7. The highest BCUT2D eigenvalue weighted by Crippen LogP contribution is 2.40. The molecule has 3 saturated heterocycles. The van der Waals surface area contributed by atoms with Crippen molar-refractivity contribution in [3.05, 3.63) is 66.1 Å². The van der Waals surface area contributed by atoms with Crippen molar-refractivity contribution >= 4 is 51.2 Å². The fourth-order valence-corrected chi connectivity index (χ4v) is 7.56. The number of amides is 1. The molecule has 5 heterocycles. The first-order valence-corrected chi connectivity index (χ1v) is 15.6. The van der Waals surface area contributed by atoms with E-state index >= 15 is 4.39 Å². The van der Waals surface area contributed by atoms with Gasteiger partial charge in [0.15, 0.2) is 5.82 Å². The highest BCUT2D eigenvalue weighted by atomic mass is 35.5. The lowest BCUT2D eigenvalue weighted by molar-refractivity contribution is -0.406. The van der Waals surface area contributed by atoms with Crippen molar-refractivity contribution in [2.24, 2.45) is 5.92 Å². The zero-order valence-electron chi connectivity index (χ0n) is 25.0. The number of rotatable bonds is 7. The average Bonchev–Trinajstić information content (AvgIpc) is 3.62. The van der Waals surface area contributed by atoms with Crippen molar-refractivity contribution in [1.29, 1.82) is 0 Å². The summed E-state index contributed by atoms with van der Waals surface area (Å²) in [5, 5.41) is 2.62. The molecular formula is C34H35ClFN6O2+. The van der Waals surface area contributed by atoms with Gasteiger partial charge in [0.2, 0.25) is 5.91 Å². The number of hydrogen-bond acceptors (Lipinski definition) is 6. The fourth-order valence-electron chi connectivity index (χ4n) is 7.27. The van der Waals surface area contributed by atoms with Crippen LogP contribution in [0.5, 0.6) is 6.01 Å². The van der Waals surface area contributed by atoms with Crippen LogP contribution >= 0.6 is 11.6 Å². The molecule has 2 aromatic carbocycles. The first-order chi connectivity index (χ1) is 21.3. The molecule has 2 atom stereocenters. The lowest BCUT2D eigenvalue weighted by atomic mass is 9.90. The van der Waals surface area contributed by atoms with Gasteiger partial charge in [-0.3, -0.25) is 14.7 Å². The number of carbonyl (C=O) groups excluding carboxylic acids is 1. The molecule has 3 fully saturated rings. The maximum absolute atomic E-state index is 16.6. The molecule has 10 heteroatoms. The molecule has 44 heavy (non-hydrogen) atoms. The molecule has 2 aromatic heterocycles. The predicted octanol–water partition coefficient (Wildman–Crippen LogP) is 6.02. The first kappa shape index (κ1) is 28.8. The summed E-state index contributed by atoms with van der Waals surface area (Å²) in [6.07, 6.45) is 9.42. The van der Waals surface area contributed by atoms with Gasteiger partial charge in [0.1, 0.15) is 23.2 Å². The molecule has 3 aliphatic rings. The van der Waals surface area contributed by atoms with Crippen LogP contribution < -0.4 is 4.74 Å². The maximum atomic E-state index is 16.6. The van der Waals surface area contributed by atoms with Crippen LogP contribution in [-0.4, -0.2) is 86.3 Å². The number of fused-ring (bicyclic) bond motifs is 3. The van der Waals surface area contributed by atoms with Crippen molar-refractivity contribution in [3.63, 3.8) is 0 Å². The second-order valence-electron chi connectivity index (χ2n) is 12.2. The molecule has 1 unspecified atom stereocenters. The van der Waals surface area contributed by atoms with Gasteiger partial charge in [-0.1, -0.05) is 48.5 Å². The molecule has 7 rings (SSSR count). The Morgan fingerprint density at radius 2 is 1.95 bits per heavy atom. The highest BCUT2D eigenvalue weighted by molar-refractivity contribution is 6.36. The topological polar surface area (TPSA) is 74.5 Å². The molecule has 0 bridgehead atoms. The van der Waals surface area contributed by atoms with E-state index in [0.717, 1.165) is 49.5 Å². The lowest BCUT2D eigenvalue weighted by Crippen LogP contribution is -2.57. The molecule has 0 N–H and O–H groups in total. The molecule has 1 amide bonds. The summed E-state index contributed by atoms with van der Waals surface area (Å²) in [6, 6.07) is 11.4. The Bertz CT molecular complexity index is 1830. The third kappa shape index (κ3) is 4.73. The van der Waals surface area contributed by atoms with Crippen LogP contribution in [-0.2, 0) is 4.79 Å². The minimum atomic E-state index is -0.557. The largest absolute Gasteiger partial charge is 0.443 e. The van der Waals surface area contributed by atoms with Crippen molar-refractivity contribution in [3.8, 4) is 17.3 Å². The van der Waals surface area contributed by atoms with E-state index in [0.29, 0.717) is 34.9 Å².